The Hall–Kier alpha value is -2.36. The topological polar surface area (TPSA) is 130 Å². The standard InChI is InChI=1S/C9H11N5O4S/c1-5-8(7(9(15)16)12-11-5)19(17,18)13-6-3-10-14(2)4-6/h3-4,13H,1-2H3,(H,11,12)(H,15,16). The Kier molecular flexibility index (Phi) is 3.02. The van der Waals surface area contributed by atoms with Crippen LogP contribution in [0.3, 0.4) is 0 Å². The van der Waals surface area contributed by atoms with Crippen molar-refractivity contribution in [2.75, 3.05) is 4.72 Å². The molecule has 0 unspecified atom stereocenters. The minimum atomic E-state index is -4.04. The van der Waals surface area contributed by atoms with Crippen LogP contribution in [-0.2, 0) is 17.1 Å². The molecule has 3 N–H and O–H groups in total. The number of carboxylic acids is 1. The van der Waals surface area contributed by atoms with Crippen LogP contribution in [0, 0.1) is 6.92 Å². The van der Waals surface area contributed by atoms with Gasteiger partial charge in [0.15, 0.2) is 5.69 Å². The molecule has 0 aromatic carbocycles. The van der Waals surface area contributed by atoms with Gasteiger partial charge >= 0.3 is 5.97 Å². The van der Waals surface area contributed by atoms with Crippen LogP contribution in [0.1, 0.15) is 16.2 Å². The smallest absolute Gasteiger partial charge is 0.357 e. The van der Waals surface area contributed by atoms with Gasteiger partial charge in [0, 0.05) is 13.2 Å². The second-order valence-electron chi connectivity index (χ2n) is 3.84. The molecule has 0 aliphatic carbocycles. The largest absolute Gasteiger partial charge is 0.476 e. The highest BCUT2D eigenvalue weighted by atomic mass is 32.2. The molecule has 0 saturated heterocycles. The lowest BCUT2D eigenvalue weighted by Gasteiger charge is -2.05. The first-order valence-electron chi connectivity index (χ1n) is 5.11. The summed E-state index contributed by atoms with van der Waals surface area (Å²) in [7, 11) is -2.41. The van der Waals surface area contributed by atoms with Gasteiger partial charge in [-0.1, -0.05) is 0 Å². The number of rotatable bonds is 4. The van der Waals surface area contributed by atoms with E-state index in [9.17, 15) is 13.2 Å². The number of anilines is 1. The predicted octanol–water partition coefficient (Wildman–Crippen LogP) is -0.0494. The second kappa shape index (κ2) is 4.39. The molecule has 2 aromatic heterocycles. The van der Waals surface area contributed by atoms with Crippen molar-refractivity contribution < 1.29 is 18.3 Å². The van der Waals surface area contributed by atoms with Crippen LogP contribution in [0.5, 0.6) is 0 Å². The fourth-order valence-electron chi connectivity index (χ4n) is 1.57. The van der Waals surface area contributed by atoms with Crippen molar-refractivity contribution in [3.05, 3.63) is 23.8 Å². The van der Waals surface area contributed by atoms with Crippen molar-refractivity contribution in [2.24, 2.45) is 7.05 Å². The quantitative estimate of drug-likeness (QED) is 0.722. The zero-order valence-electron chi connectivity index (χ0n) is 10.1. The van der Waals surface area contributed by atoms with E-state index < -0.39 is 21.7 Å². The molecule has 102 valence electrons. The van der Waals surface area contributed by atoms with E-state index in [0.717, 1.165) is 0 Å². The fourth-order valence-corrected chi connectivity index (χ4v) is 2.93. The number of aromatic carboxylic acids is 1. The first kappa shape index (κ1) is 13.1. The Labute approximate surface area is 108 Å². The summed E-state index contributed by atoms with van der Waals surface area (Å²) >= 11 is 0. The summed E-state index contributed by atoms with van der Waals surface area (Å²) in [6.07, 6.45) is 2.76. The van der Waals surface area contributed by atoms with Crippen molar-refractivity contribution >= 4 is 21.7 Å². The fraction of sp³-hybridized carbons (Fsp3) is 0.222. The normalized spacial score (nSPS) is 11.5. The van der Waals surface area contributed by atoms with Gasteiger partial charge in [-0.05, 0) is 6.92 Å². The zero-order chi connectivity index (χ0) is 14.2. The van der Waals surface area contributed by atoms with Gasteiger partial charge in [0.05, 0.1) is 17.6 Å². The van der Waals surface area contributed by atoms with Crippen LogP contribution >= 0.6 is 0 Å². The average Bonchev–Trinajstić information content (AvgIpc) is 2.84. The SMILES string of the molecule is Cc1[nH]nc(C(=O)O)c1S(=O)(=O)Nc1cnn(C)c1. The summed E-state index contributed by atoms with van der Waals surface area (Å²) < 4.78 is 28.0. The first-order valence-corrected chi connectivity index (χ1v) is 6.59. The van der Waals surface area contributed by atoms with Gasteiger partial charge in [0.1, 0.15) is 4.90 Å². The number of carbonyl (C=O) groups is 1. The molecule has 9 nitrogen and oxygen atoms in total. The maximum absolute atomic E-state index is 12.1. The Morgan fingerprint density at radius 2 is 2.21 bits per heavy atom. The van der Waals surface area contributed by atoms with Gasteiger partial charge < -0.3 is 5.11 Å². The molecule has 2 heterocycles. The molecule has 2 rings (SSSR count). The Morgan fingerprint density at radius 3 is 2.74 bits per heavy atom. The monoisotopic (exact) mass is 285 g/mol. The van der Waals surface area contributed by atoms with Crippen LogP contribution in [0.2, 0.25) is 0 Å². The van der Waals surface area contributed by atoms with Gasteiger partial charge in [-0.15, -0.1) is 0 Å². The van der Waals surface area contributed by atoms with Gasteiger partial charge in [-0.2, -0.15) is 10.2 Å². The van der Waals surface area contributed by atoms with Crippen molar-refractivity contribution in [3.63, 3.8) is 0 Å². The summed E-state index contributed by atoms with van der Waals surface area (Å²) in [5.41, 5.74) is -0.165. The number of hydrogen-bond acceptors (Lipinski definition) is 5. The minimum Gasteiger partial charge on any atom is -0.476 e. The number of aryl methyl sites for hydroxylation is 2. The number of nitrogens with zero attached hydrogens (tertiary/aromatic N) is 3. The summed E-state index contributed by atoms with van der Waals surface area (Å²) in [5.74, 6) is -1.42. The van der Waals surface area contributed by atoms with Crippen molar-refractivity contribution in [3.8, 4) is 0 Å². The molecular weight excluding hydrogens is 274 g/mol. The van der Waals surface area contributed by atoms with Gasteiger partial charge in [0.2, 0.25) is 0 Å². The van der Waals surface area contributed by atoms with E-state index in [2.05, 4.69) is 20.0 Å². The van der Waals surface area contributed by atoms with Crippen molar-refractivity contribution in [1.82, 2.24) is 20.0 Å². The molecule has 0 aliphatic rings. The summed E-state index contributed by atoms with van der Waals surface area (Å²) in [4.78, 5) is 10.6. The van der Waals surface area contributed by atoms with E-state index in [0.29, 0.717) is 0 Å². The van der Waals surface area contributed by atoms with Crippen LogP contribution < -0.4 is 4.72 Å². The van der Waals surface area contributed by atoms with Gasteiger partial charge in [0.25, 0.3) is 10.0 Å². The molecule has 10 heteroatoms. The number of carboxylic acid groups (broad SMARTS) is 1. The molecular formula is C9H11N5O4S. The van der Waals surface area contributed by atoms with Gasteiger partial charge in [-0.3, -0.25) is 14.5 Å². The van der Waals surface area contributed by atoms with Crippen LogP contribution in [0.4, 0.5) is 5.69 Å². The Morgan fingerprint density at radius 1 is 1.53 bits per heavy atom. The van der Waals surface area contributed by atoms with Crippen LogP contribution in [-0.4, -0.2) is 39.5 Å². The molecule has 0 spiro atoms. The summed E-state index contributed by atoms with van der Waals surface area (Å²) in [6.45, 7) is 1.43. The molecule has 2 aromatic rings. The summed E-state index contributed by atoms with van der Waals surface area (Å²) in [5, 5.41) is 18.5. The lowest BCUT2D eigenvalue weighted by molar-refractivity contribution is 0.0686. The number of H-pyrrole nitrogens is 1. The third-order valence-electron chi connectivity index (χ3n) is 2.32. The lowest BCUT2D eigenvalue weighted by atomic mass is 10.4. The molecule has 0 bridgehead atoms. The second-order valence-corrected chi connectivity index (χ2v) is 5.46. The molecule has 0 atom stereocenters. The molecule has 0 saturated carbocycles. The lowest BCUT2D eigenvalue weighted by Crippen LogP contribution is -2.16. The number of sulfonamides is 1. The highest BCUT2D eigenvalue weighted by Gasteiger charge is 2.28. The average molecular weight is 285 g/mol. The third kappa shape index (κ3) is 2.42. The maximum Gasteiger partial charge on any atom is 0.357 e. The maximum atomic E-state index is 12.1. The minimum absolute atomic E-state index is 0.147. The van der Waals surface area contributed by atoms with E-state index in [4.69, 9.17) is 5.11 Å². The number of nitrogens with one attached hydrogen (secondary N) is 2. The highest BCUT2D eigenvalue weighted by molar-refractivity contribution is 7.92. The molecule has 0 radical (unpaired) electrons. The molecule has 19 heavy (non-hydrogen) atoms. The van der Waals surface area contributed by atoms with Crippen molar-refractivity contribution in [1.29, 1.82) is 0 Å². The number of aromatic nitrogens is 4. The molecule has 0 amide bonds. The number of hydrogen-bond donors (Lipinski definition) is 3. The van der Waals surface area contributed by atoms with E-state index >= 15 is 0 Å². The predicted molar refractivity (Wildman–Crippen MR) is 64.3 cm³/mol. The van der Waals surface area contributed by atoms with E-state index in [1.54, 1.807) is 7.05 Å². The third-order valence-corrected chi connectivity index (χ3v) is 3.86. The zero-order valence-corrected chi connectivity index (χ0v) is 10.9. The Bertz CT molecular complexity index is 730. The molecule has 0 fully saturated rings. The van der Waals surface area contributed by atoms with Crippen LogP contribution in [0.25, 0.3) is 0 Å². The van der Waals surface area contributed by atoms with E-state index in [1.165, 1.54) is 24.0 Å². The highest BCUT2D eigenvalue weighted by Crippen LogP contribution is 2.21. The van der Waals surface area contributed by atoms with E-state index in [-0.39, 0.29) is 16.3 Å². The first-order chi connectivity index (χ1) is 8.81. The summed E-state index contributed by atoms with van der Waals surface area (Å²) in [6, 6.07) is 0. The van der Waals surface area contributed by atoms with Crippen molar-refractivity contribution in [2.45, 2.75) is 11.8 Å². The Balaban J connectivity index is 2.45. The van der Waals surface area contributed by atoms with Gasteiger partial charge in [-0.25, -0.2) is 13.2 Å². The van der Waals surface area contributed by atoms with Crippen LogP contribution in [0.15, 0.2) is 17.3 Å². The molecule has 0 aliphatic heterocycles. The number of aromatic amines is 1. The van der Waals surface area contributed by atoms with E-state index in [1.807, 2.05) is 0 Å².